The first-order valence-corrected chi connectivity index (χ1v) is 6.10. The number of aromatic nitrogens is 1. The van der Waals surface area contributed by atoms with E-state index in [2.05, 4.69) is 4.98 Å². The van der Waals surface area contributed by atoms with E-state index in [1.165, 1.54) is 0 Å². The van der Waals surface area contributed by atoms with E-state index < -0.39 is 18.0 Å². The quantitative estimate of drug-likeness (QED) is 0.467. The number of nitriles is 1. The van der Waals surface area contributed by atoms with Crippen LogP contribution in [0.3, 0.4) is 0 Å². The molecule has 0 bridgehead atoms. The molecule has 1 heterocycles. The van der Waals surface area contributed by atoms with Crippen LogP contribution < -0.4 is 0 Å². The van der Waals surface area contributed by atoms with Crippen LogP contribution in [0.25, 0.3) is 0 Å². The number of nitrogens with zero attached hydrogens (tertiary/aromatic N) is 2. The van der Waals surface area contributed by atoms with Crippen molar-refractivity contribution in [3.8, 4) is 6.07 Å². The predicted molar refractivity (Wildman–Crippen MR) is 67.0 cm³/mol. The molecule has 1 aromatic heterocycles. The Morgan fingerprint density at radius 1 is 1.67 bits per heavy atom. The van der Waals surface area contributed by atoms with Gasteiger partial charge < -0.3 is 4.74 Å². The van der Waals surface area contributed by atoms with Crippen molar-refractivity contribution in [3.63, 3.8) is 0 Å². The van der Waals surface area contributed by atoms with Gasteiger partial charge in [0, 0.05) is 17.3 Å². The Morgan fingerprint density at radius 2 is 2.33 bits per heavy atom. The Kier molecular flexibility index (Phi) is 5.40. The highest BCUT2D eigenvalue weighted by atomic mass is 127. The molecule has 96 valence electrons. The molecular formula is C11H9F2IN2O2. The van der Waals surface area contributed by atoms with Crippen molar-refractivity contribution in [2.75, 3.05) is 6.61 Å². The Labute approximate surface area is 116 Å². The number of alkyl halides is 2. The molecular weight excluding hydrogens is 357 g/mol. The highest BCUT2D eigenvalue weighted by molar-refractivity contribution is 14.1. The standard InChI is InChI=1S/C11H9F2IN2O2/c1-2-18-8(17)3-7-9(10(12)13)6(4-15)5-16-11(7)14/h5,10H,2-3H2,1H3. The number of carbonyl (C=O) groups is 1. The normalized spacial score (nSPS) is 10.2. The maximum absolute atomic E-state index is 13.0. The number of hydrogen-bond acceptors (Lipinski definition) is 4. The topological polar surface area (TPSA) is 63.0 Å². The van der Waals surface area contributed by atoms with E-state index in [1.54, 1.807) is 35.6 Å². The van der Waals surface area contributed by atoms with Crippen LogP contribution in [0, 0.1) is 15.0 Å². The second-order valence-electron chi connectivity index (χ2n) is 3.25. The summed E-state index contributed by atoms with van der Waals surface area (Å²) in [5.74, 6) is -0.616. The third-order valence-electron chi connectivity index (χ3n) is 2.14. The van der Waals surface area contributed by atoms with Crippen LogP contribution in [0.5, 0.6) is 0 Å². The van der Waals surface area contributed by atoms with Crippen molar-refractivity contribution in [1.29, 1.82) is 5.26 Å². The molecule has 0 N–H and O–H groups in total. The Hall–Kier alpha value is -1.30. The Bertz CT molecular complexity index is 501. The van der Waals surface area contributed by atoms with Gasteiger partial charge in [-0.15, -0.1) is 0 Å². The average Bonchev–Trinajstić information content (AvgIpc) is 2.31. The van der Waals surface area contributed by atoms with E-state index in [-0.39, 0.29) is 27.9 Å². The minimum Gasteiger partial charge on any atom is -0.466 e. The summed E-state index contributed by atoms with van der Waals surface area (Å²) in [6.45, 7) is 1.80. The highest BCUT2D eigenvalue weighted by Gasteiger charge is 2.23. The van der Waals surface area contributed by atoms with Gasteiger partial charge in [-0.05, 0) is 29.5 Å². The van der Waals surface area contributed by atoms with Crippen LogP contribution in [-0.2, 0) is 16.0 Å². The molecule has 0 saturated carbocycles. The van der Waals surface area contributed by atoms with Crippen molar-refractivity contribution in [2.24, 2.45) is 0 Å². The van der Waals surface area contributed by atoms with Gasteiger partial charge in [0.2, 0.25) is 0 Å². The lowest BCUT2D eigenvalue weighted by Gasteiger charge is -2.11. The van der Waals surface area contributed by atoms with Crippen molar-refractivity contribution in [2.45, 2.75) is 19.8 Å². The fourth-order valence-corrected chi connectivity index (χ4v) is 2.03. The molecule has 0 aromatic carbocycles. The first-order chi connectivity index (χ1) is 8.51. The number of halogens is 3. The van der Waals surface area contributed by atoms with Crippen LogP contribution >= 0.6 is 22.6 Å². The summed E-state index contributed by atoms with van der Waals surface area (Å²) in [5.41, 5.74) is -0.599. The molecule has 0 saturated heterocycles. The molecule has 0 fully saturated rings. The smallest absolute Gasteiger partial charge is 0.310 e. The molecule has 0 amide bonds. The van der Waals surface area contributed by atoms with E-state index >= 15 is 0 Å². The molecule has 0 aliphatic rings. The largest absolute Gasteiger partial charge is 0.466 e. The lowest BCUT2D eigenvalue weighted by atomic mass is 10.0. The van der Waals surface area contributed by atoms with Gasteiger partial charge in [-0.3, -0.25) is 4.79 Å². The number of carbonyl (C=O) groups excluding carboxylic acids is 1. The summed E-state index contributed by atoms with van der Waals surface area (Å²) < 4.78 is 30.9. The van der Waals surface area contributed by atoms with Gasteiger partial charge in [-0.25, -0.2) is 13.8 Å². The molecule has 0 spiro atoms. The molecule has 7 heteroatoms. The molecule has 0 aliphatic carbocycles. The molecule has 0 atom stereocenters. The number of pyridine rings is 1. The summed E-state index contributed by atoms with van der Waals surface area (Å²) in [6.07, 6.45) is -2.06. The molecule has 0 aliphatic heterocycles. The van der Waals surface area contributed by atoms with Gasteiger partial charge in [0.15, 0.2) is 0 Å². The van der Waals surface area contributed by atoms with Crippen LogP contribution in [0.15, 0.2) is 6.20 Å². The van der Waals surface area contributed by atoms with Crippen LogP contribution in [-0.4, -0.2) is 17.6 Å². The molecule has 4 nitrogen and oxygen atoms in total. The first kappa shape index (κ1) is 14.8. The lowest BCUT2D eigenvalue weighted by molar-refractivity contribution is -0.142. The maximum atomic E-state index is 13.0. The zero-order valence-corrected chi connectivity index (χ0v) is 11.6. The fraction of sp³-hybridized carbons (Fsp3) is 0.364. The minimum absolute atomic E-state index is 0.0584. The monoisotopic (exact) mass is 366 g/mol. The van der Waals surface area contributed by atoms with Gasteiger partial charge in [0.05, 0.1) is 18.6 Å². The van der Waals surface area contributed by atoms with Gasteiger partial charge in [-0.2, -0.15) is 5.26 Å². The molecule has 1 aromatic rings. The van der Waals surface area contributed by atoms with Gasteiger partial charge in [-0.1, -0.05) is 0 Å². The molecule has 1 rings (SSSR count). The number of hydrogen-bond donors (Lipinski definition) is 0. The van der Waals surface area contributed by atoms with E-state index in [0.29, 0.717) is 0 Å². The van der Waals surface area contributed by atoms with E-state index in [9.17, 15) is 13.6 Å². The van der Waals surface area contributed by atoms with Crippen LogP contribution in [0.4, 0.5) is 8.78 Å². The Morgan fingerprint density at radius 3 is 2.83 bits per heavy atom. The zero-order valence-electron chi connectivity index (χ0n) is 9.41. The van der Waals surface area contributed by atoms with Crippen molar-refractivity contribution in [1.82, 2.24) is 4.98 Å². The van der Waals surface area contributed by atoms with E-state index in [4.69, 9.17) is 10.00 Å². The second-order valence-corrected chi connectivity index (χ2v) is 4.27. The molecule has 18 heavy (non-hydrogen) atoms. The number of ether oxygens (including phenoxy) is 1. The van der Waals surface area contributed by atoms with E-state index in [1.807, 2.05) is 0 Å². The van der Waals surface area contributed by atoms with Crippen molar-refractivity contribution >= 4 is 28.6 Å². The first-order valence-electron chi connectivity index (χ1n) is 5.02. The third-order valence-corrected chi connectivity index (χ3v) is 3.07. The molecule has 0 unspecified atom stereocenters. The second kappa shape index (κ2) is 6.58. The summed E-state index contributed by atoms with van der Waals surface area (Å²) in [5, 5.41) is 8.78. The summed E-state index contributed by atoms with van der Waals surface area (Å²) in [7, 11) is 0. The van der Waals surface area contributed by atoms with Crippen LogP contribution in [0.2, 0.25) is 0 Å². The summed E-state index contributed by atoms with van der Waals surface area (Å²) in [4.78, 5) is 15.2. The minimum atomic E-state index is -2.83. The van der Waals surface area contributed by atoms with Crippen LogP contribution in [0.1, 0.15) is 30.0 Å². The van der Waals surface area contributed by atoms with Crippen molar-refractivity contribution in [3.05, 3.63) is 26.6 Å². The average molecular weight is 366 g/mol. The summed E-state index contributed by atoms with van der Waals surface area (Å²) in [6, 6.07) is 1.65. The van der Waals surface area contributed by atoms with Gasteiger partial charge in [0.1, 0.15) is 9.77 Å². The van der Waals surface area contributed by atoms with Gasteiger partial charge in [0.25, 0.3) is 6.43 Å². The predicted octanol–water partition coefficient (Wildman–Crippen LogP) is 2.60. The van der Waals surface area contributed by atoms with Gasteiger partial charge >= 0.3 is 5.97 Å². The number of rotatable bonds is 4. The maximum Gasteiger partial charge on any atom is 0.310 e. The Balaban J connectivity index is 3.24. The SMILES string of the molecule is CCOC(=O)Cc1c(I)ncc(C#N)c1C(F)F. The highest BCUT2D eigenvalue weighted by Crippen LogP contribution is 2.29. The lowest BCUT2D eigenvalue weighted by Crippen LogP contribution is -2.13. The molecule has 0 radical (unpaired) electrons. The number of esters is 1. The van der Waals surface area contributed by atoms with Crippen molar-refractivity contribution < 1.29 is 18.3 Å². The third kappa shape index (κ3) is 3.35. The van der Waals surface area contributed by atoms with E-state index in [0.717, 1.165) is 6.20 Å². The zero-order chi connectivity index (χ0) is 13.7. The summed E-state index contributed by atoms with van der Waals surface area (Å²) >= 11 is 1.75. The fourth-order valence-electron chi connectivity index (χ4n) is 1.41.